The van der Waals surface area contributed by atoms with Crippen molar-refractivity contribution in [3.63, 3.8) is 0 Å². The van der Waals surface area contributed by atoms with Gasteiger partial charge in [0.1, 0.15) is 6.04 Å². The highest BCUT2D eigenvalue weighted by Crippen LogP contribution is 2.38. The molecule has 1 saturated heterocycles. The van der Waals surface area contributed by atoms with Gasteiger partial charge < -0.3 is 15.3 Å². The van der Waals surface area contributed by atoms with Gasteiger partial charge in [-0.3, -0.25) is 14.4 Å². The van der Waals surface area contributed by atoms with E-state index in [1.165, 1.54) is 0 Å². The predicted octanol–water partition coefficient (Wildman–Crippen LogP) is 2.71. The van der Waals surface area contributed by atoms with Gasteiger partial charge in [0, 0.05) is 18.7 Å². The lowest BCUT2D eigenvalue weighted by Gasteiger charge is -2.31. The lowest BCUT2D eigenvalue weighted by atomic mass is 9.76. The molecule has 0 aliphatic carbocycles. The van der Waals surface area contributed by atoms with Crippen LogP contribution in [0.1, 0.15) is 50.0 Å². The van der Waals surface area contributed by atoms with Crippen LogP contribution in [0.4, 0.5) is 0 Å². The van der Waals surface area contributed by atoms with E-state index in [-0.39, 0.29) is 30.2 Å². The van der Waals surface area contributed by atoms with E-state index in [1.54, 1.807) is 17.0 Å². The third kappa shape index (κ3) is 4.15. The zero-order valence-electron chi connectivity index (χ0n) is 16.8. The molecular weight excluding hydrogens is 344 g/mol. The van der Waals surface area contributed by atoms with Crippen LogP contribution in [0.25, 0.3) is 0 Å². The van der Waals surface area contributed by atoms with Crippen LogP contribution >= 0.6 is 0 Å². The molecule has 1 aliphatic heterocycles. The van der Waals surface area contributed by atoms with Crippen molar-refractivity contribution in [1.82, 2.24) is 10.2 Å². The molecule has 1 aromatic rings. The molecule has 2 atom stereocenters. The maximum absolute atomic E-state index is 13.1. The first-order valence-corrected chi connectivity index (χ1v) is 9.49. The molecule has 2 amide bonds. The fourth-order valence-corrected chi connectivity index (χ4v) is 3.67. The number of amides is 2. The minimum absolute atomic E-state index is 0.0770. The summed E-state index contributed by atoms with van der Waals surface area (Å²) in [5, 5.41) is 12.6. The fourth-order valence-electron chi connectivity index (χ4n) is 3.67. The van der Waals surface area contributed by atoms with Gasteiger partial charge in [-0.2, -0.15) is 0 Å². The standard InChI is InChI=1S/C21H30N2O4/c1-13(2)17(22-18(24)16-9-7-6-8-15(16)5)19(25)23-11-10-21(12-23,14(3)4)20(26)27/h6-9,13-14,17H,10-12H2,1-5H3,(H,22,24)(H,26,27). The highest BCUT2D eigenvalue weighted by atomic mass is 16.4. The van der Waals surface area contributed by atoms with Crippen molar-refractivity contribution >= 4 is 17.8 Å². The van der Waals surface area contributed by atoms with E-state index in [0.29, 0.717) is 18.5 Å². The number of carbonyl (C=O) groups is 3. The summed E-state index contributed by atoms with van der Waals surface area (Å²) in [6, 6.07) is 6.55. The van der Waals surface area contributed by atoms with Gasteiger partial charge in [-0.1, -0.05) is 45.9 Å². The number of nitrogens with zero attached hydrogens (tertiary/aromatic N) is 1. The summed E-state index contributed by atoms with van der Waals surface area (Å²) in [6.45, 7) is 9.94. The van der Waals surface area contributed by atoms with E-state index in [2.05, 4.69) is 5.32 Å². The zero-order valence-corrected chi connectivity index (χ0v) is 16.8. The Morgan fingerprint density at radius 3 is 2.26 bits per heavy atom. The van der Waals surface area contributed by atoms with Crippen molar-refractivity contribution < 1.29 is 19.5 Å². The minimum Gasteiger partial charge on any atom is -0.481 e. The molecule has 1 aromatic carbocycles. The Morgan fingerprint density at radius 1 is 1.15 bits per heavy atom. The van der Waals surface area contributed by atoms with Crippen molar-refractivity contribution in [3.05, 3.63) is 35.4 Å². The van der Waals surface area contributed by atoms with Crippen LogP contribution < -0.4 is 5.32 Å². The van der Waals surface area contributed by atoms with Gasteiger partial charge in [0.25, 0.3) is 5.91 Å². The maximum Gasteiger partial charge on any atom is 0.311 e. The van der Waals surface area contributed by atoms with Crippen LogP contribution in [-0.2, 0) is 9.59 Å². The molecule has 1 fully saturated rings. The number of hydrogen-bond acceptors (Lipinski definition) is 3. The maximum atomic E-state index is 13.1. The topological polar surface area (TPSA) is 86.7 Å². The summed E-state index contributed by atoms with van der Waals surface area (Å²) in [5.41, 5.74) is 0.465. The SMILES string of the molecule is Cc1ccccc1C(=O)NC(C(=O)N1CCC(C(=O)O)(C(C)C)C1)C(C)C. The van der Waals surface area contributed by atoms with Crippen molar-refractivity contribution in [2.24, 2.45) is 17.3 Å². The Balaban J connectivity index is 2.18. The van der Waals surface area contributed by atoms with Crippen LogP contribution in [-0.4, -0.2) is 46.9 Å². The minimum atomic E-state index is -0.919. The quantitative estimate of drug-likeness (QED) is 0.801. The molecule has 0 spiro atoms. The number of carboxylic acids is 1. The van der Waals surface area contributed by atoms with Crippen molar-refractivity contribution in [1.29, 1.82) is 0 Å². The monoisotopic (exact) mass is 374 g/mol. The third-order valence-electron chi connectivity index (χ3n) is 5.75. The summed E-state index contributed by atoms with van der Waals surface area (Å²) in [5.74, 6) is -1.54. The number of nitrogens with one attached hydrogen (secondary N) is 1. The second kappa shape index (κ2) is 8.11. The van der Waals surface area contributed by atoms with Crippen LogP contribution in [0, 0.1) is 24.2 Å². The Labute approximate surface area is 160 Å². The number of hydrogen-bond donors (Lipinski definition) is 2. The first-order chi connectivity index (χ1) is 12.6. The normalized spacial score (nSPS) is 20.8. The number of carboxylic acid groups (broad SMARTS) is 1. The van der Waals surface area contributed by atoms with Gasteiger partial charge in [0.05, 0.1) is 5.41 Å². The lowest BCUT2D eigenvalue weighted by molar-refractivity contribution is -0.151. The smallest absolute Gasteiger partial charge is 0.311 e. The Hall–Kier alpha value is -2.37. The summed E-state index contributed by atoms with van der Waals surface area (Å²) in [7, 11) is 0. The average Bonchev–Trinajstić information content (AvgIpc) is 3.06. The van der Waals surface area contributed by atoms with E-state index in [0.717, 1.165) is 5.56 Å². The summed E-state index contributed by atoms with van der Waals surface area (Å²) >= 11 is 0. The van der Waals surface area contributed by atoms with E-state index >= 15 is 0 Å². The van der Waals surface area contributed by atoms with Crippen molar-refractivity contribution in [2.75, 3.05) is 13.1 Å². The molecule has 6 nitrogen and oxygen atoms in total. The van der Waals surface area contributed by atoms with E-state index in [1.807, 2.05) is 46.8 Å². The fraction of sp³-hybridized carbons (Fsp3) is 0.571. The second-order valence-electron chi connectivity index (χ2n) is 8.14. The van der Waals surface area contributed by atoms with Crippen molar-refractivity contribution in [3.8, 4) is 0 Å². The first-order valence-electron chi connectivity index (χ1n) is 9.49. The summed E-state index contributed by atoms with van der Waals surface area (Å²) < 4.78 is 0. The molecule has 1 aliphatic rings. The molecular formula is C21H30N2O4. The highest BCUT2D eigenvalue weighted by molar-refractivity contribution is 5.98. The average molecular weight is 374 g/mol. The highest BCUT2D eigenvalue weighted by Gasteiger charge is 2.49. The Kier molecular flexibility index (Phi) is 6.29. The van der Waals surface area contributed by atoms with E-state index < -0.39 is 17.4 Å². The van der Waals surface area contributed by atoms with Crippen LogP contribution in [0.2, 0.25) is 0 Å². The second-order valence-corrected chi connectivity index (χ2v) is 8.14. The van der Waals surface area contributed by atoms with Gasteiger partial charge in [0.2, 0.25) is 5.91 Å². The number of benzene rings is 1. The van der Waals surface area contributed by atoms with Gasteiger partial charge in [0.15, 0.2) is 0 Å². The zero-order chi connectivity index (χ0) is 20.4. The van der Waals surface area contributed by atoms with Crippen LogP contribution in [0.15, 0.2) is 24.3 Å². The van der Waals surface area contributed by atoms with Crippen LogP contribution in [0.5, 0.6) is 0 Å². The molecule has 1 heterocycles. The molecule has 27 heavy (non-hydrogen) atoms. The molecule has 6 heteroatoms. The molecule has 0 aromatic heterocycles. The van der Waals surface area contributed by atoms with Gasteiger partial charge in [-0.15, -0.1) is 0 Å². The summed E-state index contributed by atoms with van der Waals surface area (Å²) in [4.78, 5) is 39.2. The molecule has 0 bridgehead atoms. The Bertz CT molecular complexity index is 729. The number of aliphatic carboxylic acids is 1. The van der Waals surface area contributed by atoms with E-state index in [4.69, 9.17) is 0 Å². The Morgan fingerprint density at radius 2 is 1.78 bits per heavy atom. The third-order valence-corrected chi connectivity index (χ3v) is 5.75. The largest absolute Gasteiger partial charge is 0.481 e. The number of carbonyl (C=O) groups excluding carboxylic acids is 2. The number of rotatable bonds is 6. The molecule has 2 N–H and O–H groups in total. The number of likely N-dealkylation sites (tertiary alicyclic amines) is 1. The first kappa shape index (κ1) is 20.9. The summed E-state index contributed by atoms with van der Waals surface area (Å²) in [6.07, 6.45) is 0.433. The van der Waals surface area contributed by atoms with Gasteiger partial charge in [-0.25, -0.2) is 0 Å². The van der Waals surface area contributed by atoms with Gasteiger partial charge in [-0.05, 0) is 36.8 Å². The van der Waals surface area contributed by atoms with E-state index in [9.17, 15) is 19.5 Å². The number of aryl methyl sites for hydroxylation is 1. The lowest BCUT2D eigenvalue weighted by Crippen LogP contribution is -2.51. The van der Waals surface area contributed by atoms with Gasteiger partial charge >= 0.3 is 5.97 Å². The predicted molar refractivity (Wildman–Crippen MR) is 103 cm³/mol. The molecule has 2 rings (SSSR count). The molecule has 0 saturated carbocycles. The van der Waals surface area contributed by atoms with Crippen molar-refractivity contribution in [2.45, 2.75) is 47.1 Å². The molecule has 2 unspecified atom stereocenters. The molecule has 148 valence electrons. The van der Waals surface area contributed by atoms with Crippen LogP contribution in [0.3, 0.4) is 0 Å². The molecule has 0 radical (unpaired) electrons.